The Morgan fingerprint density at radius 3 is 1.30 bits per heavy atom. The third kappa shape index (κ3) is 66.5. The van der Waals surface area contributed by atoms with E-state index in [4.69, 9.17) is 4.74 Å². The molecule has 0 aliphatic rings. The van der Waals surface area contributed by atoms with Crippen molar-refractivity contribution >= 4 is 67.3 Å². The van der Waals surface area contributed by atoms with Crippen LogP contribution in [0, 0.1) is 0 Å². The molecule has 0 atom stereocenters. The van der Waals surface area contributed by atoms with Crippen LogP contribution in [0.2, 0.25) is 0 Å². The number of halogens is 13. The fourth-order valence-electron chi connectivity index (χ4n) is 0.827. The molecule has 0 aliphatic carbocycles. The van der Waals surface area contributed by atoms with Crippen molar-refractivity contribution in [3.63, 3.8) is 0 Å². The van der Waals surface area contributed by atoms with Crippen LogP contribution in [-0.2, 0) is 11.3 Å². The fourth-order valence-corrected chi connectivity index (χ4v) is 1.23. The Balaban J connectivity index is -0.000000142. The van der Waals surface area contributed by atoms with Crippen molar-refractivity contribution in [3.8, 4) is 0 Å². The predicted octanol–water partition coefficient (Wildman–Crippen LogP) is 6.24. The van der Waals surface area contributed by atoms with Crippen LogP contribution in [0.4, 0.5) is 51.8 Å². The topological polar surface area (TPSA) is 9.23 Å². The Morgan fingerprint density at radius 1 is 0.741 bits per heavy atom. The van der Waals surface area contributed by atoms with Gasteiger partial charge in [0.25, 0.3) is 0 Å². The summed E-state index contributed by atoms with van der Waals surface area (Å²) in [5, 5.41) is 0. The Bertz CT molecular complexity index is 424. The molecule has 1 rings (SSSR count). The summed E-state index contributed by atoms with van der Waals surface area (Å²) >= 11 is 3.45. The number of ether oxygens (including phenoxy) is 1. The van der Waals surface area contributed by atoms with Gasteiger partial charge in [0, 0.05) is 11.1 Å². The second-order valence-electron chi connectivity index (χ2n) is 3.71. The van der Waals surface area contributed by atoms with E-state index in [0.29, 0.717) is 6.61 Å². The first-order valence-corrected chi connectivity index (χ1v) is 7.07. The molecule has 1 aromatic rings. The number of rotatable bonds is 3. The maximum atomic E-state index is 9.75. The van der Waals surface area contributed by atoms with Crippen LogP contribution in [0.1, 0.15) is 12.5 Å². The second-order valence-corrected chi connectivity index (χ2v) is 4.57. The molecule has 0 aromatic heterocycles. The van der Waals surface area contributed by atoms with Gasteiger partial charge < -0.3 is 56.5 Å². The van der Waals surface area contributed by atoms with Crippen molar-refractivity contribution in [2.45, 2.75) is 13.5 Å². The molecule has 0 aliphatic heterocycles. The van der Waals surface area contributed by atoms with Crippen LogP contribution in [0.3, 0.4) is 0 Å². The molecule has 1 nitrogen and oxygen atoms in total. The molecule has 0 saturated carbocycles. The molecule has 0 N–H and O–H groups in total. The van der Waals surface area contributed by atoms with E-state index in [-0.39, 0.29) is 29.6 Å². The molecule has 27 heavy (non-hydrogen) atoms. The summed E-state index contributed by atoms with van der Waals surface area (Å²) in [5.74, 6) is 0. The molecule has 18 heteroatoms. The summed E-state index contributed by atoms with van der Waals surface area (Å²) in [6.45, 7) is 3.45. The van der Waals surface area contributed by atoms with Crippen LogP contribution >= 0.6 is 15.9 Å². The summed E-state index contributed by atoms with van der Waals surface area (Å²) in [7, 11) is -18.0. The van der Waals surface area contributed by atoms with Gasteiger partial charge in [0.05, 0.1) is 6.61 Å². The van der Waals surface area contributed by atoms with Crippen molar-refractivity contribution < 1.29 is 56.5 Å². The summed E-state index contributed by atoms with van der Waals surface area (Å²) in [6.07, 6.45) is 0. The van der Waals surface area contributed by atoms with E-state index in [1.165, 1.54) is 5.56 Å². The van der Waals surface area contributed by atoms with Gasteiger partial charge in [-0.1, -0.05) is 34.1 Å². The number of benzene rings is 1. The SMILES string of the molecule is CCOCc1ccccc1Br.F[B-](F)(F)F.F[B-](F)(F)F.F[B-](F)(F)F.[NaH]. The van der Waals surface area contributed by atoms with Crippen LogP contribution in [-0.4, -0.2) is 57.9 Å². The monoisotopic (exact) mass is 499 g/mol. The first-order valence-electron chi connectivity index (χ1n) is 6.27. The van der Waals surface area contributed by atoms with Gasteiger partial charge in [-0.3, -0.25) is 0 Å². The molecule has 0 fully saturated rings. The van der Waals surface area contributed by atoms with Gasteiger partial charge >= 0.3 is 51.3 Å². The van der Waals surface area contributed by atoms with Crippen LogP contribution in [0.5, 0.6) is 0 Å². The minimum absolute atomic E-state index is 0. The Hall–Kier alpha value is 0.0148. The van der Waals surface area contributed by atoms with Crippen LogP contribution in [0.25, 0.3) is 0 Å². The van der Waals surface area contributed by atoms with Crippen LogP contribution in [0.15, 0.2) is 28.7 Å². The van der Waals surface area contributed by atoms with E-state index < -0.39 is 21.8 Å². The Labute approximate surface area is 177 Å². The van der Waals surface area contributed by atoms with Crippen molar-refractivity contribution in [1.29, 1.82) is 0 Å². The first kappa shape index (κ1) is 34.5. The Morgan fingerprint density at radius 2 is 1.04 bits per heavy atom. The molecule has 0 spiro atoms. The third-order valence-corrected chi connectivity index (χ3v) is 2.19. The van der Waals surface area contributed by atoms with Gasteiger partial charge in [-0.25, -0.2) is 0 Å². The van der Waals surface area contributed by atoms with Gasteiger partial charge in [0.1, 0.15) is 0 Å². The molecular weight excluding hydrogens is 487 g/mol. The normalized spacial score (nSPS) is 10.7. The zero-order valence-corrected chi connectivity index (χ0v) is 14.4. The standard InChI is InChI=1S/C9H11BrO.3BF4.Na.H/c1-2-11-7-8-5-3-4-6-9(8)10;3*2-1(3,4)5;;/h3-6H,2,7H2,1H3;;;;;/q;3*-1;;. The summed E-state index contributed by atoms with van der Waals surface area (Å²) in [5.41, 5.74) is 1.20. The molecule has 0 radical (unpaired) electrons. The van der Waals surface area contributed by atoms with E-state index in [1.807, 2.05) is 25.1 Å². The van der Waals surface area contributed by atoms with Gasteiger partial charge in [-0.15, -0.1) is 0 Å². The molecule has 0 unspecified atom stereocenters. The van der Waals surface area contributed by atoms with Gasteiger partial charge in [0.2, 0.25) is 0 Å². The summed E-state index contributed by atoms with van der Waals surface area (Å²) in [4.78, 5) is 0. The summed E-state index contributed by atoms with van der Waals surface area (Å²) < 4.78 is 123. The average molecular weight is 499 g/mol. The first-order chi connectivity index (χ1) is 11.3. The molecule has 0 saturated heterocycles. The molecule has 0 amide bonds. The average Bonchev–Trinajstić information content (AvgIpc) is 2.32. The Kier molecular flexibility index (Phi) is 21.6. The molecule has 158 valence electrons. The number of hydrogen-bond donors (Lipinski definition) is 0. The van der Waals surface area contributed by atoms with E-state index >= 15 is 0 Å². The quantitative estimate of drug-likeness (QED) is 0.354. The zero-order chi connectivity index (χ0) is 21.6. The van der Waals surface area contributed by atoms with E-state index in [9.17, 15) is 51.8 Å². The van der Waals surface area contributed by atoms with Gasteiger partial charge in [-0.05, 0) is 18.6 Å². The van der Waals surface area contributed by atoms with Crippen molar-refractivity contribution in [3.05, 3.63) is 34.3 Å². The van der Waals surface area contributed by atoms with Gasteiger partial charge in [0.15, 0.2) is 0 Å². The zero-order valence-electron chi connectivity index (χ0n) is 12.8. The van der Waals surface area contributed by atoms with Crippen molar-refractivity contribution in [2.24, 2.45) is 0 Å². The molecule has 1 aromatic carbocycles. The van der Waals surface area contributed by atoms with E-state index in [0.717, 1.165) is 11.1 Å². The van der Waals surface area contributed by atoms with Crippen molar-refractivity contribution in [2.75, 3.05) is 6.61 Å². The number of hydrogen-bond acceptors (Lipinski definition) is 1. The van der Waals surface area contributed by atoms with Gasteiger partial charge in [-0.2, -0.15) is 0 Å². The minimum atomic E-state index is -6.00. The molecular formula is C9H12B3BrF12NaO-3. The summed E-state index contributed by atoms with van der Waals surface area (Å²) in [6, 6.07) is 8.09. The van der Waals surface area contributed by atoms with E-state index in [2.05, 4.69) is 22.0 Å². The third-order valence-electron chi connectivity index (χ3n) is 1.42. The second kappa shape index (κ2) is 16.9. The van der Waals surface area contributed by atoms with Crippen molar-refractivity contribution in [1.82, 2.24) is 0 Å². The predicted molar refractivity (Wildman–Crippen MR) is 87.2 cm³/mol. The molecule has 0 heterocycles. The fraction of sp³-hybridized carbons (Fsp3) is 0.333. The maximum absolute atomic E-state index is 9.75. The van der Waals surface area contributed by atoms with E-state index in [1.54, 1.807) is 0 Å². The van der Waals surface area contributed by atoms with Crippen LogP contribution < -0.4 is 0 Å². The molecule has 0 bridgehead atoms.